The van der Waals surface area contributed by atoms with Crippen molar-refractivity contribution in [2.24, 2.45) is 11.7 Å². The lowest BCUT2D eigenvalue weighted by Gasteiger charge is -2.09. The number of thiophene rings is 1. The average molecular weight is 403 g/mol. The van der Waals surface area contributed by atoms with Crippen molar-refractivity contribution in [2.45, 2.75) is 17.9 Å². The Bertz CT molecular complexity index is 696. The number of hydrogen-bond donors (Lipinski definition) is 2. The van der Waals surface area contributed by atoms with E-state index in [-0.39, 0.29) is 35.4 Å². The highest BCUT2D eigenvalue weighted by atomic mass is 79.9. The molecule has 0 radical (unpaired) electrons. The van der Waals surface area contributed by atoms with Crippen LogP contribution in [0.4, 0.5) is 0 Å². The van der Waals surface area contributed by atoms with Crippen LogP contribution in [0, 0.1) is 5.92 Å². The second-order valence-electron chi connectivity index (χ2n) is 4.68. The standard InChI is InChI=1S/C10H15BrN2O4S3/c11-10-9(3-8(4-12)18-10)20(16,17)13-5-7-1-2-19(14,15)6-7/h3,7,13H,1-2,4-6,12H2. The highest BCUT2D eigenvalue weighted by Gasteiger charge is 2.29. The maximum atomic E-state index is 12.2. The lowest BCUT2D eigenvalue weighted by atomic mass is 10.1. The molecule has 20 heavy (non-hydrogen) atoms. The Morgan fingerprint density at radius 2 is 2.20 bits per heavy atom. The first-order chi connectivity index (χ1) is 9.23. The van der Waals surface area contributed by atoms with Crippen LogP contribution < -0.4 is 10.5 Å². The molecule has 0 aliphatic carbocycles. The van der Waals surface area contributed by atoms with E-state index in [1.807, 2.05) is 0 Å². The zero-order valence-electron chi connectivity index (χ0n) is 10.5. The number of sulfonamides is 1. The summed E-state index contributed by atoms with van der Waals surface area (Å²) in [6.45, 7) is 0.418. The third kappa shape index (κ3) is 3.80. The number of nitrogens with one attached hydrogen (secondary N) is 1. The third-order valence-corrected chi connectivity index (χ3v) is 8.62. The summed E-state index contributed by atoms with van der Waals surface area (Å²) in [6.07, 6.45) is 0.504. The molecule has 114 valence electrons. The fourth-order valence-electron chi connectivity index (χ4n) is 2.02. The molecule has 1 saturated heterocycles. The van der Waals surface area contributed by atoms with Crippen molar-refractivity contribution in [2.75, 3.05) is 18.1 Å². The van der Waals surface area contributed by atoms with Crippen molar-refractivity contribution in [3.05, 3.63) is 14.7 Å². The summed E-state index contributed by atoms with van der Waals surface area (Å²) < 4.78 is 50.0. The molecule has 1 aromatic heterocycles. The molecular weight excluding hydrogens is 388 g/mol. The van der Waals surface area contributed by atoms with Crippen molar-refractivity contribution in [3.63, 3.8) is 0 Å². The zero-order valence-corrected chi connectivity index (χ0v) is 14.5. The minimum atomic E-state index is -3.64. The van der Waals surface area contributed by atoms with Gasteiger partial charge in [-0.1, -0.05) is 0 Å². The predicted octanol–water partition coefficient (Wildman–Crippen LogP) is 0.682. The van der Waals surface area contributed by atoms with Gasteiger partial charge in [-0.2, -0.15) is 0 Å². The summed E-state index contributed by atoms with van der Waals surface area (Å²) >= 11 is 4.49. The van der Waals surface area contributed by atoms with Crippen LogP contribution in [0.15, 0.2) is 14.7 Å². The highest BCUT2D eigenvalue weighted by Crippen LogP contribution is 2.31. The molecule has 0 bridgehead atoms. The fourth-order valence-corrected chi connectivity index (χ4v) is 7.56. The Morgan fingerprint density at radius 3 is 2.70 bits per heavy atom. The van der Waals surface area contributed by atoms with E-state index >= 15 is 0 Å². The van der Waals surface area contributed by atoms with Gasteiger partial charge in [0.25, 0.3) is 0 Å². The summed E-state index contributed by atoms with van der Waals surface area (Å²) in [5.74, 6) is 0.0360. The molecule has 0 spiro atoms. The highest BCUT2D eigenvalue weighted by molar-refractivity contribution is 9.11. The van der Waals surface area contributed by atoms with Gasteiger partial charge in [0.15, 0.2) is 9.84 Å². The maximum Gasteiger partial charge on any atom is 0.242 e. The SMILES string of the molecule is NCc1cc(S(=O)(=O)NCC2CCS(=O)(=O)C2)c(Br)s1. The van der Waals surface area contributed by atoms with Crippen molar-refractivity contribution in [3.8, 4) is 0 Å². The molecule has 1 aliphatic heterocycles. The van der Waals surface area contributed by atoms with Crippen LogP contribution in [0.25, 0.3) is 0 Å². The maximum absolute atomic E-state index is 12.2. The van der Waals surface area contributed by atoms with Crippen molar-refractivity contribution in [1.29, 1.82) is 0 Å². The lowest BCUT2D eigenvalue weighted by molar-refractivity contribution is 0.543. The Morgan fingerprint density at radius 1 is 1.50 bits per heavy atom. The van der Waals surface area contributed by atoms with E-state index in [1.165, 1.54) is 17.4 Å². The molecule has 10 heteroatoms. The Hall–Kier alpha value is -0.000000000000000194. The monoisotopic (exact) mass is 402 g/mol. The van der Waals surface area contributed by atoms with E-state index in [9.17, 15) is 16.8 Å². The first-order valence-corrected chi connectivity index (χ1v) is 10.8. The van der Waals surface area contributed by atoms with E-state index in [1.54, 1.807) is 0 Å². The lowest BCUT2D eigenvalue weighted by Crippen LogP contribution is -2.29. The normalized spacial score (nSPS) is 22.2. The largest absolute Gasteiger partial charge is 0.326 e. The van der Waals surface area contributed by atoms with Gasteiger partial charge in [0.05, 0.1) is 15.3 Å². The number of sulfone groups is 1. The van der Waals surface area contributed by atoms with Crippen LogP contribution in [0.5, 0.6) is 0 Å². The number of rotatable bonds is 5. The molecular formula is C10H15BrN2O4S3. The fraction of sp³-hybridized carbons (Fsp3) is 0.600. The Labute approximate surface area is 130 Å². The van der Waals surface area contributed by atoms with Gasteiger partial charge in [0.2, 0.25) is 10.0 Å². The van der Waals surface area contributed by atoms with Crippen LogP contribution in [0.3, 0.4) is 0 Å². The quantitative estimate of drug-likeness (QED) is 0.752. The first kappa shape index (κ1) is 16.4. The van der Waals surface area contributed by atoms with Gasteiger partial charge in [-0.25, -0.2) is 21.6 Å². The van der Waals surface area contributed by atoms with Gasteiger partial charge in [-0.3, -0.25) is 0 Å². The summed E-state index contributed by atoms with van der Waals surface area (Å²) in [7, 11) is -6.64. The molecule has 0 aromatic carbocycles. The van der Waals surface area contributed by atoms with Gasteiger partial charge in [0.1, 0.15) is 4.90 Å². The minimum absolute atomic E-state index is 0.0500. The Kier molecular flexibility index (Phi) is 4.92. The first-order valence-electron chi connectivity index (χ1n) is 5.92. The zero-order chi connectivity index (χ0) is 15.0. The molecule has 6 nitrogen and oxygen atoms in total. The van der Waals surface area contributed by atoms with Crippen LogP contribution in [-0.4, -0.2) is 34.9 Å². The van der Waals surface area contributed by atoms with Crippen molar-refractivity contribution >= 4 is 47.1 Å². The molecule has 1 atom stereocenters. The second-order valence-corrected chi connectivity index (χ2v) is 11.1. The van der Waals surface area contributed by atoms with E-state index in [4.69, 9.17) is 5.73 Å². The smallest absolute Gasteiger partial charge is 0.242 e. The van der Waals surface area contributed by atoms with E-state index in [0.29, 0.717) is 10.2 Å². The number of halogens is 1. The molecule has 1 fully saturated rings. The molecule has 2 heterocycles. The summed E-state index contributed by atoms with van der Waals surface area (Å²) in [5.41, 5.74) is 5.49. The molecule has 1 aliphatic rings. The molecule has 0 saturated carbocycles. The summed E-state index contributed by atoms with van der Waals surface area (Å²) in [5, 5.41) is 0. The summed E-state index contributed by atoms with van der Waals surface area (Å²) in [4.78, 5) is 0.921. The third-order valence-electron chi connectivity index (χ3n) is 3.09. The van der Waals surface area contributed by atoms with Gasteiger partial charge in [-0.05, 0) is 34.3 Å². The average Bonchev–Trinajstić information content (AvgIpc) is 2.90. The van der Waals surface area contributed by atoms with Crippen LogP contribution in [0.2, 0.25) is 0 Å². The second kappa shape index (κ2) is 6.01. The molecule has 3 N–H and O–H groups in total. The van der Waals surface area contributed by atoms with E-state index < -0.39 is 19.9 Å². The predicted molar refractivity (Wildman–Crippen MR) is 81.9 cm³/mol. The number of nitrogens with two attached hydrogens (primary N) is 1. The van der Waals surface area contributed by atoms with E-state index in [0.717, 1.165) is 4.88 Å². The molecule has 2 rings (SSSR count). The van der Waals surface area contributed by atoms with Crippen molar-refractivity contribution in [1.82, 2.24) is 4.72 Å². The molecule has 0 amide bonds. The summed E-state index contributed by atoms with van der Waals surface area (Å²) in [6, 6.07) is 1.53. The van der Waals surface area contributed by atoms with Gasteiger partial charge >= 0.3 is 0 Å². The van der Waals surface area contributed by atoms with Crippen LogP contribution in [0.1, 0.15) is 11.3 Å². The Balaban J connectivity index is 2.06. The number of hydrogen-bond acceptors (Lipinski definition) is 6. The van der Waals surface area contributed by atoms with Gasteiger partial charge in [0, 0.05) is 18.0 Å². The molecule has 1 unspecified atom stereocenters. The molecule has 1 aromatic rings. The van der Waals surface area contributed by atoms with Crippen LogP contribution >= 0.6 is 27.3 Å². The van der Waals surface area contributed by atoms with Crippen LogP contribution in [-0.2, 0) is 26.4 Å². The van der Waals surface area contributed by atoms with Gasteiger partial charge < -0.3 is 5.73 Å². The van der Waals surface area contributed by atoms with Gasteiger partial charge in [-0.15, -0.1) is 11.3 Å². The van der Waals surface area contributed by atoms with E-state index in [2.05, 4.69) is 20.7 Å². The van der Waals surface area contributed by atoms with Crippen molar-refractivity contribution < 1.29 is 16.8 Å². The minimum Gasteiger partial charge on any atom is -0.326 e. The topological polar surface area (TPSA) is 106 Å².